The molecule has 0 radical (unpaired) electrons. The summed E-state index contributed by atoms with van der Waals surface area (Å²) in [6.45, 7) is 6.98. The van der Waals surface area contributed by atoms with Gasteiger partial charge in [0.1, 0.15) is 0 Å². The molecule has 0 bridgehead atoms. The Morgan fingerprint density at radius 2 is 2.17 bits per heavy atom. The van der Waals surface area contributed by atoms with Gasteiger partial charge in [0.2, 0.25) is 0 Å². The Morgan fingerprint density at radius 1 is 1.28 bits per heavy atom. The lowest BCUT2D eigenvalue weighted by molar-refractivity contribution is -0.151. The molecule has 1 spiro atoms. The monoisotopic (exact) mass is 252 g/mol. The van der Waals surface area contributed by atoms with E-state index in [2.05, 4.69) is 17.1 Å². The van der Waals surface area contributed by atoms with Gasteiger partial charge in [0.05, 0.1) is 5.60 Å². The Balaban J connectivity index is 1.65. The third kappa shape index (κ3) is 2.45. The molecule has 0 aromatic rings. The maximum Gasteiger partial charge on any atom is 0.0697 e. The number of ether oxygens (including phenoxy) is 1. The van der Waals surface area contributed by atoms with Crippen LogP contribution in [0.5, 0.6) is 0 Å². The van der Waals surface area contributed by atoms with Crippen LogP contribution in [0.4, 0.5) is 0 Å². The standard InChI is InChI=1S/C15H28N2O/c1-2-9-17(14-4-8-16-12-14)13-5-10-18-15(11-13)6-3-7-15/h13-14,16H,2-12H2,1H3. The molecule has 1 N–H and O–H groups in total. The Labute approximate surface area is 111 Å². The smallest absolute Gasteiger partial charge is 0.0697 e. The first-order valence-electron chi connectivity index (χ1n) is 7.93. The predicted molar refractivity (Wildman–Crippen MR) is 73.8 cm³/mol. The molecule has 1 aliphatic carbocycles. The number of hydrogen-bond acceptors (Lipinski definition) is 3. The second-order valence-corrected chi connectivity index (χ2v) is 6.42. The molecule has 2 atom stereocenters. The summed E-state index contributed by atoms with van der Waals surface area (Å²) in [4.78, 5) is 2.81. The fourth-order valence-electron chi connectivity index (χ4n) is 4.05. The number of rotatable bonds is 4. The Bertz CT molecular complexity index is 272. The molecule has 3 aliphatic rings. The Morgan fingerprint density at radius 3 is 2.78 bits per heavy atom. The molecule has 0 aromatic heterocycles. The van der Waals surface area contributed by atoms with E-state index in [-0.39, 0.29) is 0 Å². The molecule has 2 aliphatic heterocycles. The third-order valence-electron chi connectivity index (χ3n) is 5.19. The van der Waals surface area contributed by atoms with E-state index in [4.69, 9.17) is 4.74 Å². The minimum absolute atomic E-state index is 0.293. The van der Waals surface area contributed by atoms with Gasteiger partial charge in [0.15, 0.2) is 0 Å². The van der Waals surface area contributed by atoms with Crippen LogP contribution in [0.2, 0.25) is 0 Å². The Hall–Kier alpha value is -0.120. The van der Waals surface area contributed by atoms with Crippen molar-refractivity contribution in [3.63, 3.8) is 0 Å². The predicted octanol–water partition coefficient (Wildman–Crippen LogP) is 2.16. The highest BCUT2D eigenvalue weighted by atomic mass is 16.5. The molecule has 2 heterocycles. The third-order valence-corrected chi connectivity index (χ3v) is 5.19. The van der Waals surface area contributed by atoms with E-state index in [0.717, 1.165) is 18.7 Å². The average Bonchev–Trinajstić information content (AvgIpc) is 2.88. The van der Waals surface area contributed by atoms with E-state index in [1.807, 2.05) is 0 Å². The molecular formula is C15H28N2O. The van der Waals surface area contributed by atoms with E-state index in [1.165, 1.54) is 64.6 Å². The van der Waals surface area contributed by atoms with Crippen LogP contribution < -0.4 is 5.32 Å². The topological polar surface area (TPSA) is 24.5 Å². The SMILES string of the molecule is CCCN(C1CCNC1)C1CCOC2(CCC2)C1. The van der Waals surface area contributed by atoms with Crippen molar-refractivity contribution in [2.75, 3.05) is 26.2 Å². The zero-order valence-electron chi connectivity index (χ0n) is 11.8. The number of nitrogens with zero attached hydrogens (tertiary/aromatic N) is 1. The fourth-order valence-corrected chi connectivity index (χ4v) is 4.05. The van der Waals surface area contributed by atoms with Gasteiger partial charge in [-0.15, -0.1) is 0 Å². The molecule has 0 amide bonds. The van der Waals surface area contributed by atoms with Crippen molar-refractivity contribution in [3.8, 4) is 0 Å². The summed E-state index contributed by atoms with van der Waals surface area (Å²) in [5.74, 6) is 0. The molecular weight excluding hydrogens is 224 g/mol. The minimum atomic E-state index is 0.293. The first kappa shape index (κ1) is 12.9. The lowest BCUT2D eigenvalue weighted by atomic mass is 9.73. The lowest BCUT2D eigenvalue weighted by Gasteiger charge is -2.50. The summed E-state index contributed by atoms with van der Waals surface area (Å²) in [6, 6.07) is 1.56. The van der Waals surface area contributed by atoms with Crippen LogP contribution in [-0.4, -0.2) is 48.8 Å². The zero-order valence-corrected chi connectivity index (χ0v) is 11.8. The van der Waals surface area contributed by atoms with Crippen LogP contribution >= 0.6 is 0 Å². The molecule has 1 saturated carbocycles. The van der Waals surface area contributed by atoms with Crippen LogP contribution in [0.1, 0.15) is 51.9 Å². The molecule has 2 saturated heterocycles. The zero-order chi connectivity index (χ0) is 12.4. The minimum Gasteiger partial charge on any atom is -0.375 e. The molecule has 3 heteroatoms. The van der Waals surface area contributed by atoms with Gasteiger partial charge >= 0.3 is 0 Å². The van der Waals surface area contributed by atoms with Crippen molar-refractivity contribution in [2.45, 2.75) is 69.6 Å². The van der Waals surface area contributed by atoms with Gasteiger partial charge in [-0.05, 0) is 58.0 Å². The molecule has 3 nitrogen and oxygen atoms in total. The number of hydrogen-bond donors (Lipinski definition) is 1. The first-order valence-corrected chi connectivity index (χ1v) is 7.93. The second kappa shape index (κ2) is 5.48. The van der Waals surface area contributed by atoms with Crippen molar-refractivity contribution in [1.29, 1.82) is 0 Å². The van der Waals surface area contributed by atoms with Crippen LogP contribution in [0.15, 0.2) is 0 Å². The summed E-state index contributed by atoms with van der Waals surface area (Å²) in [7, 11) is 0. The van der Waals surface area contributed by atoms with Gasteiger partial charge < -0.3 is 10.1 Å². The van der Waals surface area contributed by atoms with Crippen LogP contribution in [0.3, 0.4) is 0 Å². The molecule has 3 fully saturated rings. The van der Waals surface area contributed by atoms with Gasteiger partial charge in [0.25, 0.3) is 0 Å². The summed E-state index contributed by atoms with van der Waals surface area (Å²) in [5, 5.41) is 3.53. The second-order valence-electron chi connectivity index (χ2n) is 6.42. The highest BCUT2D eigenvalue weighted by molar-refractivity contribution is 4.98. The summed E-state index contributed by atoms with van der Waals surface area (Å²) in [6.07, 6.45) is 9.16. The van der Waals surface area contributed by atoms with Crippen molar-refractivity contribution in [1.82, 2.24) is 10.2 Å². The normalized spacial score (nSPS) is 35.0. The van der Waals surface area contributed by atoms with Gasteiger partial charge in [-0.1, -0.05) is 6.92 Å². The summed E-state index contributed by atoms with van der Waals surface area (Å²) in [5.41, 5.74) is 0.293. The lowest BCUT2D eigenvalue weighted by Crippen LogP contribution is -2.54. The van der Waals surface area contributed by atoms with E-state index < -0.39 is 0 Å². The Kier molecular flexibility index (Phi) is 3.92. The maximum absolute atomic E-state index is 6.08. The van der Waals surface area contributed by atoms with Gasteiger partial charge in [-0.3, -0.25) is 4.90 Å². The van der Waals surface area contributed by atoms with Gasteiger partial charge in [-0.25, -0.2) is 0 Å². The van der Waals surface area contributed by atoms with Crippen molar-refractivity contribution >= 4 is 0 Å². The van der Waals surface area contributed by atoms with E-state index in [1.54, 1.807) is 0 Å². The molecule has 104 valence electrons. The van der Waals surface area contributed by atoms with Crippen LogP contribution in [0, 0.1) is 0 Å². The molecule has 2 unspecified atom stereocenters. The highest BCUT2D eigenvalue weighted by Crippen LogP contribution is 2.43. The van der Waals surface area contributed by atoms with Crippen molar-refractivity contribution in [3.05, 3.63) is 0 Å². The first-order chi connectivity index (χ1) is 8.83. The molecule has 18 heavy (non-hydrogen) atoms. The average molecular weight is 252 g/mol. The van der Waals surface area contributed by atoms with Crippen LogP contribution in [-0.2, 0) is 4.74 Å². The van der Waals surface area contributed by atoms with E-state index in [0.29, 0.717) is 5.60 Å². The van der Waals surface area contributed by atoms with Crippen LogP contribution in [0.25, 0.3) is 0 Å². The quantitative estimate of drug-likeness (QED) is 0.830. The maximum atomic E-state index is 6.08. The summed E-state index contributed by atoms with van der Waals surface area (Å²) >= 11 is 0. The fraction of sp³-hybridized carbons (Fsp3) is 1.00. The number of nitrogens with one attached hydrogen (secondary N) is 1. The van der Waals surface area contributed by atoms with Crippen molar-refractivity contribution < 1.29 is 4.74 Å². The van der Waals surface area contributed by atoms with E-state index in [9.17, 15) is 0 Å². The van der Waals surface area contributed by atoms with Crippen molar-refractivity contribution in [2.24, 2.45) is 0 Å². The summed E-state index contributed by atoms with van der Waals surface area (Å²) < 4.78 is 6.08. The highest BCUT2D eigenvalue weighted by Gasteiger charge is 2.44. The largest absolute Gasteiger partial charge is 0.375 e. The molecule has 0 aromatic carbocycles. The van der Waals surface area contributed by atoms with Gasteiger partial charge in [-0.2, -0.15) is 0 Å². The van der Waals surface area contributed by atoms with E-state index >= 15 is 0 Å². The molecule has 3 rings (SSSR count). The van der Waals surface area contributed by atoms with Gasteiger partial charge in [0, 0.05) is 25.2 Å².